The summed E-state index contributed by atoms with van der Waals surface area (Å²) in [5.74, 6) is 0.973. The number of rotatable bonds is 6. The first-order valence-corrected chi connectivity index (χ1v) is 8.53. The summed E-state index contributed by atoms with van der Waals surface area (Å²) in [5.41, 5.74) is 5.13. The normalized spacial score (nSPS) is 14.5. The van der Waals surface area contributed by atoms with E-state index in [2.05, 4.69) is 66.9 Å². The second kappa shape index (κ2) is 7.51. The number of aryl methyl sites for hydroxylation is 1. The van der Waals surface area contributed by atoms with Gasteiger partial charge in [-0.25, -0.2) is 0 Å². The van der Waals surface area contributed by atoms with Crippen LogP contribution in [0.25, 0.3) is 0 Å². The molecule has 2 N–H and O–H groups in total. The van der Waals surface area contributed by atoms with E-state index in [-0.39, 0.29) is 0 Å². The highest BCUT2D eigenvalue weighted by atomic mass is 16.5. The van der Waals surface area contributed by atoms with Gasteiger partial charge in [0.15, 0.2) is 0 Å². The first-order chi connectivity index (χ1) is 11.2. The predicted molar refractivity (Wildman–Crippen MR) is 96.2 cm³/mol. The minimum atomic E-state index is 0.485. The summed E-state index contributed by atoms with van der Waals surface area (Å²) in [6, 6.07) is 15.7. The van der Waals surface area contributed by atoms with Gasteiger partial charge in [0.1, 0.15) is 12.4 Å². The molecule has 2 aromatic rings. The summed E-state index contributed by atoms with van der Waals surface area (Å²) in [6.45, 7) is 6.93. The molecule has 1 aliphatic heterocycles. The number of benzene rings is 2. The Balaban J connectivity index is 1.59. The lowest BCUT2D eigenvalue weighted by atomic mass is 10.0. The topological polar surface area (TPSA) is 33.3 Å². The molecule has 122 valence electrons. The quantitative estimate of drug-likeness (QED) is 0.848. The van der Waals surface area contributed by atoms with Gasteiger partial charge in [0.25, 0.3) is 0 Å². The fourth-order valence-corrected chi connectivity index (χ4v) is 2.93. The Hall–Kier alpha value is -2.00. The van der Waals surface area contributed by atoms with Crippen molar-refractivity contribution in [1.82, 2.24) is 5.32 Å². The SMILES string of the molecule is CCC(Cc1ccc2c(c1)NCCO2)NCc1ccc(C)cc1. The van der Waals surface area contributed by atoms with Crippen molar-refractivity contribution < 1.29 is 4.74 Å². The third-order valence-electron chi connectivity index (χ3n) is 4.41. The van der Waals surface area contributed by atoms with Crippen LogP contribution < -0.4 is 15.4 Å². The molecule has 3 nitrogen and oxygen atoms in total. The molecule has 0 aromatic heterocycles. The maximum Gasteiger partial charge on any atom is 0.142 e. The molecule has 0 fully saturated rings. The second-order valence-corrected chi connectivity index (χ2v) is 6.28. The molecule has 1 unspecified atom stereocenters. The molecule has 1 heterocycles. The monoisotopic (exact) mass is 310 g/mol. The van der Waals surface area contributed by atoms with E-state index in [1.807, 2.05) is 0 Å². The summed E-state index contributed by atoms with van der Waals surface area (Å²) < 4.78 is 5.65. The minimum Gasteiger partial charge on any atom is -0.490 e. The zero-order chi connectivity index (χ0) is 16.1. The Morgan fingerprint density at radius 1 is 1.13 bits per heavy atom. The molecule has 0 aliphatic carbocycles. The number of hydrogen-bond donors (Lipinski definition) is 2. The average Bonchev–Trinajstić information content (AvgIpc) is 2.60. The van der Waals surface area contributed by atoms with Crippen LogP contribution in [0.4, 0.5) is 5.69 Å². The largest absolute Gasteiger partial charge is 0.490 e. The summed E-state index contributed by atoms with van der Waals surface area (Å²) in [5, 5.41) is 7.09. The Morgan fingerprint density at radius 3 is 2.70 bits per heavy atom. The van der Waals surface area contributed by atoms with Crippen LogP contribution in [-0.2, 0) is 13.0 Å². The third-order valence-corrected chi connectivity index (χ3v) is 4.41. The Kier molecular flexibility index (Phi) is 5.19. The Bertz CT molecular complexity index is 637. The van der Waals surface area contributed by atoms with Gasteiger partial charge >= 0.3 is 0 Å². The molecule has 0 amide bonds. The van der Waals surface area contributed by atoms with Crippen LogP contribution in [0.1, 0.15) is 30.0 Å². The van der Waals surface area contributed by atoms with Crippen LogP contribution in [0.15, 0.2) is 42.5 Å². The van der Waals surface area contributed by atoms with E-state index in [1.54, 1.807) is 0 Å². The van der Waals surface area contributed by atoms with Crippen LogP contribution in [0.3, 0.4) is 0 Å². The van der Waals surface area contributed by atoms with E-state index < -0.39 is 0 Å². The predicted octanol–water partition coefficient (Wildman–Crippen LogP) is 3.91. The van der Waals surface area contributed by atoms with E-state index >= 15 is 0 Å². The minimum absolute atomic E-state index is 0.485. The lowest BCUT2D eigenvalue weighted by Gasteiger charge is -2.21. The zero-order valence-electron chi connectivity index (χ0n) is 14.1. The Morgan fingerprint density at radius 2 is 1.91 bits per heavy atom. The van der Waals surface area contributed by atoms with Crippen LogP contribution in [0.2, 0.25) is 0 Å². The summed E-state index contributed by atoms with van der Waals surface area (Å²) in [4.78, 5) is 0. The highest BCUT2D eigenvalue weighted by Crippen LogP contribution is 2.28. The van der Waals surface area contributed by atoms with Gasteiger partial charge in [0.05, 0.1) is 5.69 Å². The van der Waals surface area contributed by atoms with Gasteiger partial charge in [-0.15, -0.1) is 0 Å². The number of hydrogen-bond acceptors (Lipinski definition) is 3. The molecular formula is C20H26N2O. The molecular weight excluding hydrogens is 284 g/mol. The fraction of sp³-hybridized carbons (Fsp3) is 0.400. The summed E-state index contributed by atoms with van der Waals surface area (Å²) in [7, 11) is 0. The van der Waals surface area contributed by atoms with Crippen molar-refractivity contribution in [3.63, 3.8) is 0 Å². The van der Waals surface area contributed by atoms with E-state index in [4.69, 9.17) is 4.74 Å². The molecule has 0 radical (unpaired) electrons. The van der Waals surface area contributed by atoms with Crippen molar-refractivity contribution in [2.45, 2.75) is 39.3 Å². The molecule has 3 rings (SSSR count). The number of ether oxygens (including phenoxy) is 1. The summed E-state index contributed by atoms with van der Waals surface area (Å²) in [6.07, 6.45) is 2.16. The van der Waals surface area contributed by atoms with E-state index in [9.17, 15) is 0 Å². The van der Waals surface area contributed by atoms with Gasteiger partial charge in [-0.1, -0.05) is 42.8 Å². The standard InChI is InChI=1S/C20H26N2O/c1-3-18(22-14-16-6-4-15(2)5-7-16)12-17-8-9-20-19(13-17)21-10-11-23-20/h4-9,13,18,21-22H,3,10-12,14H2,1-2H3. The number of anilines is 1. The molecule has 0 saturated heterocycles. The molecule has 0 spiro atoms. The van der Waals surface area contributed by atoms with Crippen LogP contribution in [-0.4, -0.2) is 19.2 Å². The fourth-order valence-electron chi connectivity index (χ4n) is 2.93. The molecule has 0 bridgehead atoms. The van der Waals surface area contributed by atoms with Crippen molar-refractivity contribution in [2.24, 2.45) is 0 Å². The average molecular weight is 310 g/mol. The first-order valence-electron chi connectivity index (χ1n) is 8.53. The molecule has 2 aromatic carbocycles. The summed E-state index contributed by atoms with van der Waals surface area (Å²) >= 11 is 0. The van der Waals surface area contributed by atoms with Gasteiger partial charge < -0.3 is 15.4 Å². The van der Waals surface area contributed by atoms with Crippen molar-refractivity contribution in [1.29, 1.82) is 0 Å². The van der Waals surface area contributed by atoms with E-state index in [0.29, 0.717) is 6.04 Å². The van der Waals surface area contributed by atoms with Gasteiger partial charge in [0.2, 0.25) is 0 Å². The van der Waals surface area contributed by atoms with Crippen molar-refractivity contribution >= 4 is 5.69 Å². The molecule has 0 saturated carbocycles. The van der Waals surface area contributed by atoms with Gasteiger partial charge in [0, 0.05) is 19.1 Å². The van der Waals surface area contributed by atoms with E-state index in [1.165, 1.54) is 16.7 Å². The van der Waals surface area contributed by atoms with Gasteiger partial charge in [-0.05, 0) is 43.0 Å². The van der Waals surface area contributed by atoms with Crippen LogP contribution in [0.5, 0.6) is 5.75 Å². The molecule has 23 heavy (non-hydrogen) atoms. The third kappa shape index (κ3) is 4.26. The van der Waals surface area contributed by atoms with Crippen LogP contribution >= 0.6 is 0 Å². The lowest BCUT2D eigenvalue weighted by Crippen LogP contribution is -2.30. The molecule has 1 aliphatic rings. The highest BCUT2D eigenvalue weighted by molar-refractivity contribution is 5.59. The van der Waals surface area contributed by atoms with E-state index in [0.717, 1.165) is 44.0 Å². The second-order valence-electron chi connectivity index (χ2n) is 6.28. The first kappa shape index (κ1) is 15.9. The van der Waals surface area contributed by atoms with Gasteiger partial charge in [-0.3, -0.25) is 0 Å². The maximum atomic E-state index is 5.65. The smallest absolute Gasteiger partial charge is 0.142 e. The molecule has 1 atom stereocenters. The van der Waals surface area contributed by atoms with Gasteiger partial charge in [-0.2, -0.15) is 0 Å². The lowest BCUT2D eigenvalue weighted by molar-refractivity contribution is 0.323. The van der Waals surface area contributed by atoms with Crippen molar-refractivity contribution in [3.05, 3.63) is 59.2 Å². The van der Waals surface area contributed by atoms with Crippen LogP contribution in [0, 0.1) is 6.92 Å². The Labute approximate surface area is 139 Å². The maximum absolute atomic E-state index is 5.65. The molecule has 3 heteroatoms. The zero-order valence-corrected chi connectivity index (χ0v) is 14.1. The van der Waals surface area contributed by atoms with Crippen molar-refractivity contribution in [3.8, 4) is 5.75 Å². The van der Waals surface area contributed by atoms with Crippen molar-refractivity contribution in [2.75, 3.05) is 18.5 Å². The number of nitrogens with one attached hydrogen (secondary N) is 2. The number of fused-ring (bicyclic) bond motifs is 1. The highest BCUT2D eigenvalue weighted by Gasteiger charge is 2.12.